The lowest BCUT2D eigenvalue weighted by atomic mass is 9.93. The van der Waals surface area contributed by atoms with Crippen molar-refractivity contribution in [3.05, 3.63) is 24.3 Å². The number of benzene rings is 1. The van der Waals surface area contributed by atoms with E-state index in [-0.39, 0.29) is 16.5 Å². The second-order valence-electron chi connectivity index (χ2n) is 7.06. The third-order valence-electron chi connectivity index (χ3n) is 4.34. The molecular weight excluding hydrogens is 432 g/mol. The maximum atomic E-state index is 13.3. The summed E-state index contributed by atoms with van der Waals surface area (Å²) in [7, 11) is -4.25. The Bertz CT molecular complexity index is 1020. The molecule has 1 aliphatic heterocycles. The number of nitrogens with two attached hydrogens (primary N) is 1. The number of aliphatic carboxylic acids is 1. The summed E-state index contributed by atoms with van der Waals surface area (Å²) in [4.78, 5) is 23.2. The lowest BCUT2D eigenvalue weighted by Crippen LogP contribution is -2.67. The molecule has 0 aromatic heterocycles. The van der Waals surface area contributed by atoms with E-state index in [1.54, 1.807) is 6.92 Å². The van der Waals surface area contributed by atoms with Gasteiger partial charge in [-0.2, -0.15) is 0 Å². The maximum absolute atomic E-state index is 13.3. The Kier molecular flexibility index (Phi) is 6.76. The quantitative estimate of drug-likeness (QED) is 0.458. The first-order valence-electron chi connectivity index (χ1n) is 8.77. The van der Waals surface area contributed by atoms with Crippen LogP contribution in [0.3, 0.4) is 0 Å². The minimum Gasteiger partial charge on any atom is -0.481 e. The number of morpholine rings is 1. The van der Waals surface area contributed by atoms with E-state index in [2.05, 4.69) is 11.8 Å². The molecule has 162 valence electrons. The molecule has 1 amide bonds. The first-order chi connectivity index (χ1) is 13.9. The molecule has 0 saturated carbocycles. The Labute approximate surface area is 180 Å². The highest BCUT2D eigenvalue weighted by Crippen LogP contribution is 2.36. The van der Waals surface area contributed by atoms with Crippen LogP contribution in [0, 0.1) is 11.8 Å². The molecule has 1 heterocycles. The van der Waals surface area contributed by atoms with Crippen molar-refractivity contribution in [1.29, 1.82) is 0 Å². The minimum absolute atomic E-state index is 0.130. The highest BCUT2D eigenvalue weighted by Gasteiger charge is 2.56. The number of carbonyl (C=O) groups excluding carboxylic acids is 1. The van der Waals surface area contributed by atoms with Crippen LogP contribution in [0.15, 0.2) is 29.2 Å². The predicted octanol–water partition coefficient (Wildman–Crippen LogP) is 0.914. The summed E-state index contributed by atoms with van der Waals surface area (Å²) in [5, 5.41) is 9.72. The first-order valence-corrected chi connectivity index (χ1v) is 10.6. The molecular formula is C19H22N2O7S2. The number of thiocarbonyl (C=S) groups is 1. The smallest absolute Gasteiger partial charge is 0.338 e. The molecule has 1 aromatic carbocycles. The van der Waals surface area contributed by atoms with Gasteiger partial charge in [0.25, 0.3) is 10.0 Å². The van der Waals surface area contributed by atoms with Gasteiger partial charge in [-0.15, -0.1) is 5.92 Å². The number of carboxylic acid groups (broad SMARTS) is 1. The van der Waals surface area contributed by atoms with E-state index in [4.69, 9.17) is 27.4 Å². The van der Waals surface area contributed by atoms with Gasteiger partial charge >= 0.3 is 5.97 Å². The number of amides is 1. The van der Waals surface area contributed by atoms with Crippen LogP contribution in [-0.4, -0.2) is 59.0 Å². The molecule has 0 radical (unpaired) electrons. The van der Waals surface area contributed by atoms with Crippen molar-refractivity contribution < 1.29 is 32.6 Å². The molecule has 3 N–H and O–H groups in total. The second-order valence-corrected chi connectivity index (χ2v) is 9.31. The summed E-state index contributed by atoms with van der Waals surface area (Å²) in [6, 6.07) is 5.52. The highest BCUT2D eigenvalue weighted by atomic mass is 32.2. The summed E-state index contributed by atoms with van der Waals surface area (Å²) in [5.74, 6) is 3.34. The zero-order valence-corrected chi connectivity index (χ0v) is 18.3. The van der Waals surface area contributed by atoms with E-state index < -0.39 is 46.1 Å². The van der Waals surface area contributed by atoms with Gasteiger partial charge in [0.15, 0.2) is 5.60 Å². The molecule has 0 bridgehead atoms. The Morgan fingerprint density at radius 2 is 1.93 bits per heavy atom. The number of carbonyl (C=O) groups is 2. The molecule has 0 unspecified atom stereocenters. The molecule has 30 heavy (non-hydrogen) atoms. The van der Waals surface area contributed by atoms with Crippen molar-refractivity contribution in [2.45, 2.75) is 43.3 Å². The molecule has 1 saturated heterocycles. The second kappa shape index (κ2) is 8.59. The number of hydrogen-bond donors (Lipinski definition) is 2. The fourth-order valence-corrected chi connectivity index (χ4v) is 4.90. The van der Waals surface area contributed by atoms with Crippen molar-refractivity contribution >= 4 is 39.1 Å². The van der Waals surface area contributed by atoms with Crippen LogP contribution in [0.5, 0.6) is 5.75 Å². The molecule has 0 spiro atoms. The number of ether oxygens (including phenoxy) is 2. The first kappa shape index (κ1) is 23.6. The van der Waals surface area contributed by atoms with E-state index >= 15 is 0 Å². The molecule has 0 aliphatic carbocycles. The zero-order chi connectivity index (χ0) is 22.7. The summed E-state index contributed by atoms with van der Waals surface area (Å²) in [6.07, 6.45) is -0.717. The van der Waals surface area contributed by atoms with Crippen molar-refractivity contribution in [3.8, 4) is 17.6 Å². The van der Waals surface area contributed by atoms with Gasteiger partial charge in [-0.1, -0.05) is 18.1 Å². The summed E-state index contributed by atoms with van der Waals surface area (Å²) in [6.45, 7) is 3.99. The van der Waals surface area contributed by atoms with E-state index in [1.165, 1.54) is 38.1 Å². The molecule has 9 nitrogen and oxygen atoms in total. The number of carboxylic acids is 1. The van der Waals surface area contributed by atoms with Gasteiger partial charge in [-0.05, 0) is 45.0 Å². The van der Waals surface area contributed by atoms with Gasteiger partial charge in [0.05, 0.1) is 17.9 Å². The molecule has 2 rings (SSSR count). The van der Waals surface area contributed by atoms with Crippen LogP contribution in [0.2, 0.25) is 0 Å². The average Bonchev–Trinajstić information content (AvgIpc) is 2.64. The van der Waals surface area contributed by atoms with Crippen molar-refractivity contribution in [3.63, 3.8) is 0 Å². The Balaban J connectivity index is 2.45. The number of primary amides is 1. The van der Waals surface area contributed by atoms with Crippen LogP contribution < -0.4 is 10.5 Å². The van der Waals surface area contributed by atoms with Crippen LogP contribution in [0.1, 0.15) is 27.2 Å². The monoisotopic (exact) mass is 454 g/mol. The SMILES string of the molecule is CC#CCOc1ccc(S(=O)(=O)N2C[C@@](CC(N)=O)(C(=O)O)OC(C)(C)C2=S)cc1. The molecule has 1 aromatic rings. The lowest BCUT2D eigenvalue weighted by molar-refractivity contribution is -0.187. The van der Waals surface area contributed by atoms with Crippen molar-refractivity contribution in [2.75, 3.05) is 13.2 Å². The van der Waals surface area contributed by atoms with Gasteiger partial charge in [0.2, 0.25) is 5.91 Å². The largest absolute Gasteiger partial charge is 0.481 e. The van der Waals surface area contributed by atoms with Gasteiger partial charge in [-0.3, -0.25) is 9.10 Å². The van der Waals surface area contributed by atoms with Crippen molar-refractivity contribution in [1.82, 2.24) is 4.31 Å². The Morgan fingerprint density at radius 1 is 1.33 bits per heavy atom. The fraction of sp³-hybridized carbons (Fsp3) is 0.421. The van der Waals surface area contributed by atoms with Gasteiger partial charge in [0.1, 0.15) is 22.9 Å². The zero-order valence-electron chi connectivity index (χ0n) is 16.7. The third-order valence-corrected chi connectivity index (χ3v) is 6.93. The van der Waals surface area contributed by atoms with Crippen molar-refractivity contribution in [2.24, 2.45) is 5.73 Å². The van der Waals surface area contributed by atoms with Gasteiger partial charge in [-0.25, -0.2) is 13.2 Å². The van der Waals surface area contributed by atoms with Crippen LogP contribution in [0.4, 0.5) is 0 Å². The lowest BCUT2D eigenvalue weighted by Gasteiger charge is -2.47. The molecule has 1 fully saturated rings. The third kappa shape index (κ3) is 4.72. The number of rotatable bonds is 7. The topological polar surface area (TPSA) is 136 Å². The highest BCUT2D eigenvalue weighted by molar-refractivity contribution is 7.91. The fourth-order valence-electron chi connectivity index (χ4n) is 2.95. The number of sulfonamides is 1. The minimum atomic E-state index is -4.25. The van der Waals surface area contributed by atoms with Crippen LogP contribution >= 0.6 is 12.2 Å². The van der Waals surface area contributed by atoms with E-state index in [0.29, 0.717) is 5.75 Å². The molecule has 1 atom stereocenters. The number of nitrogens with zero attached hydrogens (tertiary/aromatic N) is 1. The standard InChI is InChI=1S/C19H22N2O7S2/c1-4-5-10-27-13-6-8-14(9-7-13)30(25,26)21-12-19(17(23)24,11-15(20)22)28-18(2,3)16(21)29/h6-9H,10-12H2,1-3H3,(H2,20,22)(H,23,24)/t19-/m0/s1. The molecule has 1 aliphatic rings. The Morgan fingerprint density at radius 3 is 2.43 bits per heavy atom. The molecule has 11 heteroatoms. The van der Waals surface area contributed by atoms with Gasteiger partial charge in [0, 0.05) is 0 Å². The van der Waals surface area contributed by atoms with E-state index in [0.717, 1.165) is 4.31 Å². The normalized spacial score (nSPS) is 20.8. The van der Waals surface area contributed by atoms with Crippen LogP contribution in [-0.2, 0) is 24.3 Å². The summed E-state index contributed by atoms with van der Waals surface area (Å²) < 4.78 is 38.3. The average molecular weight is 455 g/mol. The van der Waals surface area contributed by atoms with E-state index in [1.807, 2.05) is 0 Å². The Hall–Kier alpha value is -2.68. The van der Waals surface area contributed by atoms with E-state index in [9.17, 15) is 23.1 Å². The maximum Gasteiger partial charge on any atom is 0.338 e. The number of hydrogen-bond acceptors (Lipinski definition) is 7. The summed E-state index contributed by atoms with van der Waals surface area (Å²) in [5.41, 5.74) is 1.56. The van der Waals surface area contributed by atoms with Gasteiger partial charge < -0.3 is 20.3 Å². The summed E-state index contributed by atoms with van der Waals surface area (Å²) >= 11 is 5.28. The predicted molar refractivity (Wildman–Crippen MR) is 111 cm³/mol. The van der Waals surface area contributed by atoms with Crippen LogP contribution in [0.25, 0.3) is 0 Å².